The Hall–Kier alpha value is -4.60. The fourth-order valence-corrected chi connectivity index (χ4v) is 4.47. The largest absolute Gasteiger partial charge is 0.455 e. The first-order chi connectivity index (χ1) is 17.5. The lowest BCUT2D eigenvalue weighted by atomic mass is 10.1. The molecule has 1 aromatic carbocycles. The summed E-state index contributed by atoms with van der Waals surface area (Å²) in [5, 5.41) is 5.34. The van der Waals surface area contributed by atoms with Gasteiger partial charge >= 0.3 is 0 Å². The number of likely N-dealkylation sites (tertiary alicyclic amines) is 1. The van der Waals surface area contributed by atoms with Crippen molar-refractivity contribution < 1.29 is 18.7 Å². The smallest absolute Gasteiger partial charge is 0.271 e. The molecule has 1 aliphatic rings. The van der Waals surface area contributed by atoms with E-state index >= 15 is 0 Å². The Labute approximate surface area is 206 Å². The standard InChI is InChI=1S/C26H23FN6O3/c1-2-22(34)32-12-4-5-17(15-32)33-25-19(13-29-14-20(25)27)23(31-33)16-7-9-18(10-8-16)36-21-6-3-11-30-24(21)26(28)35/h2-3,6-11,13-14,17H,1,4-5,12,15H2,(H2,28,35). The van der Waals surface area contributed by atoms with E-state index < -0.39 is 11.7 Å². The van der Waals surface area contributed by atoms with Gasteiger partial charge < -0.3 is 15.4 Å². The van der Waals surface area contributed by atoms with E-state index in [2.05, 4.69) is 16.5 Å². The highest BCUT2D eigenvalue weighted by Gasteiger charge is 2.28. The molecule has 5 rings (SSSR count). The molecule has 1 fully saturated rings. The van der Waals surface area contributed by atoms with Crippen LogP contribution in [0.3, 0.4) is 0 Å². The number of carbonyl (C=O) groups is 2. The van der Waals surface area contributed by atoms with Crippen molar-refractivity contribution in [2.24, 2.45) is 5.73 Å². The van der Waals surface area contributed by atoms with E-state index in [4.69, 9.17) is 15.6 Å². The number of hydrogen-bond acceptors (Lipinski definition) is 6. The number of fused-ring (bicyclic) bond motifs is 1. The lowest BCUT2D eigenvalue weighted by Gasteiger charge is -2.32. The van der Waals surface area contributed by atoms with Crippen molar-refractivity contribution in [2.45, 2.75) is 18.9 Å². The first-order valence-electron chi connectivity index (χ1n) is 11.4. The van der Waals surface area contributed by atoms with E-state index in [9.17, 15) is 14.0 Å². The van der Waals surface area contributed by atoms with E-state index in [1.807, 2.05) is 0 Å². The fraction of sp³-hybridized carbons (Fsp3) is 0.192. The minimum Gasteiger partial charge on any atom is -0.455 e. The maximum atomic E-state index is 15.0. The molecule has 4 aromatic rings. The number of ether oxygens (including phenoxy) is 1. The second-order valence-corrected chi connectivity index (χ2v) is 8.44. The summed E-state index contributed by atoms with van der Waals surface area (Å²) in [7, 11) is 0. The van der Waals surface area contributed by atoms with Crippen LogP contribution in [0, 0.1) is 5.82 Å². The topological polar surface area (TPSA) is 116 Å². The van der Waals surface area contributed by atoms with Gasteiger partial charge in [-0.05, 0) is 55.3 Å². The highest BCUT2D eigenvalue weighted by molar-refractivity contribution is 5.94. The SMILES string of the molecule is C=CC(=O)N1CCCC(n2nc(-c3ccc(Oc4cccnc4C(N)=O)cc3)c3cncc(F)c32)C1. The fourth-order valence-electron chi connectivity index (χ4n) is 4.47. The highest BCUT2D eigenvalue weighted by Crippen LogP contribution is 2.34. The lowest BCUT2D eigenvalue weighted by Crippen LogP contribution is -2.40. The highest BCUT2D eigenvalue weighted by atomic mass is 19.1. The molecular formula is C26H23FN6O3. The minimum absolute atomic E-state index is 0.0318. The van der Waals surface area contributed by atoms with Crippen molar-refractivity contribution in [3.05, 3.63) is 79.2 Å². The Balaban J connectivity index is 1.49. The molecule has 0 spiro atoms. The summed E-state index contributed by atoms with van der Waals surface area (Å²) in [4.78, 5) is 33.5. The van der Waals surface area contributed by atoms with E-state index in [1.165, 1.54) is 18.5 Å². The number of hydrogen-bond donors (Lipinski definition) is 1. The number of primary amides is 1. The number of piperidine rings is 1. The van der Waals surface area contributed by atoms with Crippen molar-refractivity contribution in [2.75, 3.05) is 13.1 Å². The number of amides is 2. The zero-order valence-electron chi connectivity index (χ0n) is 19.3. The van der Waals surface area contributed by atoms with Crippen molar-refractivity contribution in [3.63, 3.8) is 0 Å². The number of carbonyl (C=O) groups excluding carboxylic acids is 2. The monoisotopic (exact) mass is 486 g/mol. The third-order valence-electron chi connectivity index (χ3n) is 6.15. The number of rotatable bonds is 6. The van der Waals surface area contributed by atoms with Crippen molar-refractivity contribution >= 4 is 22.7 Å². The van der Waals surface area contributed by atoms with Crippen LogP contribution >= 0.6 is 0 Å². The molecule has 3 aromatic heterocycles. The minimum atomic E-state index is -0.690. The van der Waals surface area contributed by atoms with Crippen LogP contribution in [0.15, 0.2) is 67.6 Å². The molecule has 0 saturated carbocycles. The Morgan fingerprint density at radius 3 is 2.75 bits per heavy atom. The van der Waals surface area contributed by atoms with Gasteiger partial charge in [-0.2, -0.15) is 5.10 Å². The van der Waals surface area contributed by atoms with E-state index in [1.54, 1.807) is 52.2 Å². The zero-order chi connectivity index (χ0) is 25.2. The summed E-state index contributed by atoms with van der Waals surface area (Å²) in [5.41, 5.74) is 7.05. The van der Waals surface area contributed by atoms with Crippen molar-refractivity contribution in [3.8, 4) is 22.8 Å². The van der Waals surface area contributed by atoms with Gasteiger partial charge in [0.25, 0.3) is 5.91 Å². The van der Waals surface area contributed by atoms with Gasteiger partial charge in [0.15, 0.2) is 17.3 Å². The van der Waals surface area contributed by atoms with Gasteiger partial charge in [-0.1, -0.05) is 6.58 Å². The number of nitrogens with zero attached hydrogens (tertiary/aromatic N) is 5. The third-order valence-corrected chi connectivity index (χ3v) is 6.15. The predicted octanol–water partition coefficient (Wildman–Crippen LogP) is 3.87. The van der Waals surface area contributed by atoms with Gasteiger partial charge in [-0.25, -0.2) is 9.37 Å². The van der Waals surface area contributed by atoms with Gasteiger partial charge in [0, 0.05) is 36.4 Å². The number of aromatic nitrogens is 4. The molecule has 10 heteroatoms. The van der Waals surface area contributed by atoms with Crippen molar-refractivity contribution in [1.29, 1.82) is 0 Å². The molecule has 4 heterocycles. The lowest BCUT2D eigenvalue weighted by molar-refractivity contribution is -0.127. The number of halogens is 1. The van der Waals surface area contributed by atoms with E-state index in [-0.39, 0.29) is 23.4 Å². The molecule has 1 unspecified atom stereocenters. The molecule has 36 heavy (non-hydrogen) atoms. The van der Waals surface area contributed by atoms with Gasteiger partial charge in [-0.3, -0.25) is 19.3 Å². The van der Waals surface area contributed by atoms with Gasteiger partial charge in [0.2, 0.25) is 5.91 Å². The van der Waals surface area contributed by atoms with Crippen LogP contribution in [0.4, 0.5) is 4.39 Å². The van der Waals surface area contributed by atoms with Crippen LogP contribution in [0.5, 0.6) is 11.5 Å². The maximum Gasteiger partial charge on any atom is 0.271 e. The molecule has 1 atom stereocenters. The Morgan fingerprint density at radius 2 is 2.00 bits per heavy atom. The predicted molar refractivity (Wildman–Crippen MR) is 131 cm³/mol. The van der Waals surface area contributed by atoms with Gasteiger partial charge in [0.1, 0.15) is 17.0 Å². The first kappa shape index (κ1) is 23.2. The van der Waals surface area contributed by atoms with Gasteiger partial charge in [-0.15, -0.1) is 0 Å². The molecule has 1 saturated heterocycles. The van der Waals surface area contributed by atoms with E-state index in [0.717, 1.165) is 18.4 Å². The van der Waals surface area contributed by atoms with Crippen LogP contribution < -0.4 is 10.5 Å². The van der Waals surface area contributed by atoms with Crippen molar-refractivity contribution in [1.82, 2.24) is 24.6 Å². The summed E-state index contributed by atoms with van der Waals surface area (Å²) in [6.45, 7) is 4.62. The summed E-state index contributed by atoms with van der Waals surface area (Å²) in [6.07, 6.45) is 7.05. The molecule has 0 radical (unpaired) electrons. The Kier molecular flexibility index (Phi) is 6.16. The average Bonchev–Trinajstić information content (AvgIpc) is 3.30. The first-order valence-corrected chi connectivity index (χ1v) is 11.4. The number of pyridine rings is 2. The summed E-state index contributed by atoms with van der Waals surface area (Å²) in [6, 6.07) is 10.1. The van der Waals surface area contributed by atoms with Crippen LogP contribution in [0.25, 0.3) is 22.2 Å². The molecule has 0 bridgehead atoms. The van der Waals surface area contributed by atoms with Crippen LogP contribution in [0.1, 0.15) is 29.4 Å². The van der Waals surface area contributed by atoms with E-state index in [0.29, 0.717) is 35.4 Å². The maximum absolute atomic E-state index is 15.0. The van der Waals surface area contributed by atoms with Crippen LogP contribution in [-0.4, -0.2) is 49.6 Å². The van der Waals surface area contributed by atoms with Crippen LogP contribution in [-0.2, 0) is 4.79 Å². The summed E-state index contributed by atoms with van der Waals surface area (Å²) >= 11 is 0. The molecule has 9 nitrogen and oxygen atoms in total. The van der Waals surface area contributed by atoms with Gasteiger partial charge in [0.05, 0.1) is 12.2 Å². The summed E-state index contributed by atoms with van der Waals surface area (Å²) in [5.74, 6) is -0.608. The molecule has 182 valence electrons. The molecular weight excluding hydrogens is 463 g/mol. The third kappa shape index (κ3) is 4.28. The molecule has 1 aliphatic heterocycles. The van der Waals surface area contributed by atoms with Crippen LogP contribution in [0.2, 0.25) is 0 Å². The zero-order valence-corrected chi connectivity index (χ0v) is 19.3. The Bertz CT molecular complexity index is 1470. The number of nitrogens with two attached hydrogens (primary N) is 1. The Morgan fingerprint density at radius 1 is 1.19 bits per heavy atom. The molecule has 0 aliphatic carbocycles. The number of benzene rings is 1. The normalized spacial score (nSPS) is 15.6. The molecule has 2 N–H and O–H groups in total. The summed E-state index contributed by atoms with van der Waals surface area (Å²) < 4.78 is 22.5. The second-order valence-electron chi connectivity index (χ2n) is 8.44. The molecule has 2 amide bonds. The average molecular weight is 487 g/mol. The quantitative estimate of drug-likeness (QED) is 0.414. The second kappa shape index (κ2) is 9.57.